The lowest BCUT2D eigenvalue weighted by Crippen LogP contribution is -2.42. The molecule has 0 bridgehead atoms. The van der Waals surface area contributed by atoms with E-state index in [1.165, 1.54) is 12.8 Å². The minimum atomic E-state index is 0.701. The molecule has 12 heavy (non-hydrogen) atoms. The van der Waals surface area contributed by atoms with Crippen molar-refractivity contribution in [3.05, 3.63) is 12.3 Å². The van der Waals surface area contributed by atoms with Crippen LogP contribution < -0.4 is 11.1 Å². The molecule has 0 spiro atoms. The Balaban J connectivity index is 2.21. The van der Waals surface area contributed by atoms with Crippen LogP contribution in [0.4, 0.5) is 0 Å². The van der Waals surface area contributed by atoms with Gasteiger partial charge in [0.15, 0.2) is 0 Å². The van der Waals surface area contributed by atoms with Crippen LogP contribution >= 0.6 is 0 Å². The third-order valence-corrected chi connectivity index (χ3v) is 2.42. The number of hydrogen-bond donors (Lipinski definition) is 2. The van der Waals surface area contributed by atoms with Crippen molar-refractivity contribution in [2.24, 2.45) is 5.73 Å². The molecule has 1 fully saturated rings. The van der Waals surface area contributed by atoms with Gasteiger partial charge in [0.1, 0.15) is 0 Å². The minimum absolute atomic E-state index is 0.701. The molecule has 0 unspecified atom stereocenters. The number of nitrogens with two attached hydrogens (primary N) is 1. The van der Waals surface area contributed by atoms with Crippen LogP contribution in [-0.2, 0) is 0 Å². The van der Waals surface area contributed by atoms with Crippen LogP contribution in [0, 0.1) is 0 Å². The topological polar surface area (TPSA) is 41.3 Å². The molecule has 1 aliphatic heterocycles. The van der Waals surface area contributed by atoms with Crippen molar-refractivity contribution in [1.29, 1.82) is 0 Å². The van der Waals surface area contributed by atoms with Crippen LogP contribution in [0.3, 0.4) is 0 Å². The number of rotatable bonds is 3. The predicted octanol–water partition coefficient (Wildman–Crippen LogP) is 0.143. The van der Waals surface area contributed by atoms with Crippen molar-refractivity contribution in [1.82, 2.24) is 10.2 Å². The van der Waals surface area contributed by atoms with Gasteiger partial charge in [-0.25, -0.2) is 0 Å². The van der Waals surface area contributed by atoms with Crippen molar-refractivity contribution < 1.29 is 0 Å². The number of nitrogens with zero attached hydrogens (tertiary/aromatic N) is 1. The Kier molecular flexibility index (Phi) is 3.56. The van der Waals surface area contributed by atoms with Crippen molar-refractivity contribution >= 4 is 0 Å². The molecule has 0 aromatic rings. The molecule has 3 nitrogen and oxygen atoms in total. The van der Waals surface area contributed by atoms with Crippen LogP contribution in [0.15, 0.2) is 12.3 Å². The van der Waals surface area contributed by atoms with Crippen LogP contribution in [0.5, 0.6) is 0 Å². The van der Waals surface area contributed by atoms with Crippen LogP contribution in [0.2, 0.25) is 0 Å². The van der Waals surface area contributed by atoms with E-state index in [9.17, 15) is 0 Å². The molecule has 0 aliphatic carbocycles. The fraction of sp³-hybridized carbons (Fsp3) is 0.778. The number of likely N-dealkylation sites (tertiary alicyclic amines) is 1. The van der Waals surface area contributed by atoms with Crippen LogP contribution in [0.1, 0.15) is 12.8 Å². The second-order valence-electron chi connectivity index (χ2n) is 3.50. The van der Waals surface area contributed by atoms with E-state index in [0.717, 1.165) is 25.3 Å². The van der Waals surface area contributed by atoms with Crippen molar-refractivity contribution in [2.45, 2.75) is 18.9 Å². The summed E-state index contributed by atoms with van der Waals surface area (Å²) in [6.45, 7) is 6.85. The quantitative estimate of drug-likeness (QED) is 0.631. The van der Waals surface area contributed by atoms with E-state index in [-0.39, 0.29) is 0 Å². The SMILES string of the molecule is C=C(N)CN1CCC(NC)CC1. The molecule has 3 N–H and O–H groups in total. The van der Waals surface area contributed by atoms with Gasteiger partial charge in [0.05, 0.1) is 0 Å². The third-order valence-electron chi connectivity index (χ3n) is 2.42. The van der Waals surface area contributed by atoms with E-state index < -0.39 is 0 Å². The highest BCUT2D eigenvalue weighted by Crippen LogP contribution is 2.09. The largest absolute Gasteiger partial charge is 0.401 e. The molecule has 70 valence electrons. The Morgan fingerprint density at radius 2 is 2.17 bits per heavy atom. The van der Waals surface area contributed by atoms with Crippen molar-refractivity contribution in [2.75, 3.05) is 26.7 Å². The van der Waals surface area contributed by atoms with Gasteiger partial charge in [0.25, 0.3) is 0 Å². The second-order valence-corrected chi connectivity index (χ2v) is 3.50. The maximum absolute atomic E-state index is 5.54. The summed E-state index contributed by atoms with van der Waals surface area (Å²) in [5.41, 5.74) is 6.31. The van der Waals surface area contributed by atoms with E-state index in [4.69, 9.17) is 5.73 Å². The van der Waals surface area contributed by atoms with Crippen LogP contribution in [0.25, 0.3) is 0 Å². The molecule has 0 saturated carbocycles. The smallest absolute Gasteiger partial charge is 0.0373 e. The Bertz CT molecular complexity index is 148. The Labute approximate surface area is 74.6 Å². The maximum atomic E-state index is 5.54. The lowest BCUT2D eigenvalue weighted by atomic mass is 10.1. The average Bonchev–Trinajstić information content (AvgIpc) is 2.05. The molecular formula is C9H19N3. The first-order chi connectivity index (χ1) is 5.72. The summed E-state index contributed by atoms with van der Waals surface area (Å²) in [6.07, 6.45) is 2.45. The molecule has 0 radical (unpaired) electrons. The normalized spacial score (nSPS) is 21.1. The average molecular weight is 169 g/mol. The van der Waals surface area contributed by atoms with E-state index in [1.54, 1.807) is 0 Å². The fourth-order valence-electron chi connectivity index (χ4n) is 1.67. The number of nitrogens with one attached hydrogen (secondary N) is 1. The Morgan fingerprint density at radius 1 is 1.58 bits per heavy atom. The fourth-order valence-corrected chi connectivity index (χ4v) is 1.67. The monoisotopic (exact) mass is 169 g/mol. The first-order valence-electron chi connectivity index (χ1n) is 4.55. The molecule has 0 aromatic carbocycles. The zero-order chi connectivity index (χ0) is 8.97. The van der Waals surface area contributed by atoms with E-state index in [2.05, 4.69) is 16.8 Å². The highest BCUT2D eigenvalue weighted by molar-refractivity contribution is 4.91. The maximum Gasteiger partial charge on any atom is 0.0373 e. The lowest BCUT2D eigenvalue weighted by Gasteiger charge is -2.31. The summed E-state index contributed by atoms with van der Waals surface area (Å²) < 4.78 is 0. The van der Waals surface area contributed by atoms with Gasteiger partial charge in [-0.3, -0.25) is 4.90 Å². The molecule has 3 heteroatoms. The first-order valence-corrected chi connectivity index (χ1v) is 4.55. The zero-order valence-electron chi connectivity index (χ0n) is 7.84. The summed E-state index contributed by atoms with van der Waals surface area (Å²) in [5, 5.41) is 3.30. The van der Waals surface area contributed by atoms with E-state index >= 15 is 0 Å². The van der Waals surface area contributed by atoms with Crippen molar-refractivity contribution in [3.63, 3.8) is 0 Å². The lowest BCUT2D eigenvalue weighted by molar-refractivity contribution is 0.216. The number of hydrogen-bond acceptors (Lipinski definition) is 3. The summed E-state index contributed by atoms with van der Waals surface area (Å²) in [4.78, 5) is 2.36. The molecule has 0 aromatic heterocycles. The van der Waals surface area contributed by atoms with Gasteiger partial charge in [0, 0.05) is 31.4 Å². The Hall–Kier alpha value is -0.540. The molecule has 1 saturated heterocycles. The molecule has 1 aliphatic rings. The highest BCUT2D eigenvalue weighted by atomic mass is 15.1. The van der Waals surface area contributed by atoms with Gasteiger partial charge in [-0.15, -0.1) is 0 Å². The van der Waals surface area contributed by atoms with Gasteiger partial charge in [-0.2, -0.15) is 0 Å². The summed E-state index contributed by atoms with van der Waals surface area (Å²) >= 11 is 0. The molecule has 1 rings (SSSR count). The van der Waals surface area contributed by atoms with Gasteiger partial charge >= 0.3 is 0 Å². The zero-order valence-corrected chi connectivity index (χ0v) is 7.84. The highest BCUT2D eigenvalue weighted by Gasteiger charge is 2.16. The Morgan fingerprint density at radius 3 is 2.58 bits per heavy atom. The van der Waals surface area contributed by atoms with E-state index in [0.29, 0.717) is 6.04 Å². The summed E-state index contributed by atoms with van der Waals surface area (Å²) in [7, 11) is 2.03. The second kappa shape index (κ2) is 4.48. The first kappa shape index (κ1) is 9.55. The molecule has 0 amide bonds. The summed E-state index contributed by atoms with van der Waals surface area (Å²) in [6, 6.07) is 0.701. The molecular weight excluding hydrogens is 150 g/mol. The van der Waals surface area contributed by atoms with Crippen LogP contribution in [-0.4, -0.2) is 37.6 Å². The van der Waals surface area contributed by atoms with Gasteiger partial charge in [0.2, 0.25) is 0 Å². The van der Waals surface area contributed by atoms with Crippen molar-refractivity contribution in [3.8, 4) is 0 Å². The van der Waals surface area contributed by atoms with Gasteiger partial charge in [-0.05, 0) is 19.9 Å². The summed E-state index contributed by atoms with van der Waals surface area (Å²) in [5.74, 6) is 0. The predicted molar refractivity (Wildman–Crippen MR) is 51.8 cm³/mol. The van der Waals surface area contributed by atoms with Gasteiger partial charge < -0.3 is 11.1 Å². The third kappa shape index (κ3) is 2.83. The minimum Gasteiger partial charge on any atom is -0.401 e. The van der Waals surface area contributed by atoms with E-state index in [1.807, 2.05) is 7.05 Å². The standard InChI is InChI=1S/C9H19N3/c1-8(10)7-12-5-3-9(11-2)4-6-12/h9,11H,1,3-7,10H2,2H3. The van der Waals surface area contributed by atoms with Gasteiger partial charge in [-0.1, -0.05) is 6.58 Å². The molecule has 0 atom stereocenters. The molecule has 1 heterocycles. The number of piperidine rings is 1.